The number of methoxy groups -OCH3 is 1. The van der Waals surface area contributed by atoms with Crippen LogP contribution in [0, 0.1) is 6.92 Å². The molecule has 0 N–H and O–H groups in total. The van der Waals surface area contributed by atoms with Crippen molar-refractivity contribution < 1.29 is 23.8 Å². The van der Waals surface area contributed by atoms with E-state index in [2.05, 4.69) is 0 Å². The van der Waals surface area contributed by atoms with Crippen molar-refractivity contribution in [3.63, 3.8) is 0 Å². The molecule has 0 fully saturated rings. The summed E-state index contributed by atoms with van der Waals surface area (Å²) in [5, 5.41) is 0. The number of ketones is 1. The number of benzene rings is 3. The Kier molecular flexibility index (Phi) is 6.17. The van der Waals surface area contributed by atoms with Gasteiger partial charge in [0.05, 0.1) is 18.2 Å². The lowest BCUT2D eigenvalue weighted by Crippen LogP contribution is -2.02. The third-order valence-corrected chi connectivity index (χ3v) is 5.14. The normalized spacial score (nSPS) is 13.8. The lowest BCUT2D eigenvalue weighted by atomic mass is 10.1. The molecule has 3 aromatic rings. The van der Waals surface area contributed by atoms with Crippen LogP contribution in [0.5, 0.6) is 11.5 Å². The third kappa shape index (κ3) is 4.47. The Hall–Kier alpha value is -4.12. The van der Waals surface area contributed by atoms with Crippen molar-refractivity contribution in [1.82, 2.24) is 0 Å². The van der Waals surface area contributed by atoms with Gasteiger partial charge >= 0.3 is 5.97 Å². The molecule has 0 radical (unpaired) electrons. The minimum atomic E-state index is -0.378. The van der Waals surface area contributed by atoms with Crippen LogP contribution >= 0.6 is 0 Å². The van der Waals surface area contributed by atoms with Crippen LogP contribution in [0.4, 0.5) is 0 Å². The van der Waals surface area contributed by atoms with Crippen molar-refractivity contribution >= 4 is 17.8 Å². The molecule has 0 bridgehead atoms. The number of hydrogen-bond acceptors (Lipinski definition) is 5. The molecule has 32 heavy (non-hydrogen) atoms. The minimum absolute atomic E-state index is 0.147. The molecule has 0 saturated carbocycles. The van der Waals surface area contributed by atoms with E-state index in [1.54, 1.807) is 36.4 Å². The van der Waals surface area contributed by atoms with Crippen molar-refractivity contribution in [2.24, 2.45) is 0 Å². The fourth-order valence-corrected chi connectivity index (χ4v) is 3.37. The molecule has 1 heterocycles. The number of fused-ring (bicyclic) bond motifs is 1. The molecule has 3 aromatic carbocycles. The number of esters is 1. The van der Waals surface area contributed by atoms with Crippen molar-refractivity contribution in [2.75, 3.05) is 7.11 Å². The first kappa shape index (κ1) is 21.1. The Morgan fingerprint density at radius 3 is 2.47 bits per heavy atom. The van der Waals surface area contributed by atoms with Gasteiger partial charge in [0.2, 0.25) is 5.78 Å². The van der Waals surface area contributed by atoms with Crippen LogP contribution < -0.4 is 9.47 Å². The van der Waals surface area contributed by atoms with Crippen molar-refractivity contribution in [1.29, 1.82) is 0 Å². The highest BCUT2D eigenvalue weighted by Crippen LogP contribution is 2.39. The van der Waals surface area contributed by atoms with Gasteiger partial charge in [-0.25, -0.2) is 4.79 Å². The SMILES string of the molecule is COC(=O)c1ccc(COc2ccc3c(c2C)O/C(=C\C=C\c2ccccc2)C3=O)cc1. The second-order valence-corrected chi connectivity index (χ2v) is 7.27. The summed E-state index contributed by atoms with van der Waals surface area (Å²) in [5.41, 5.74) is 3.71. The van der Waals surface area contributed by atoms with Crippen LogP contribution in [0.1, 0.15) is 37.4 Å². The highest BCUT2D eigenvalue weighted by molar-refractivity contribution is 6.12. The van der Waals surface area contributed by atoms with E-state index in [9.17, 15) is 9.59 Å². The number of allylic oxidation sites excluding steroid dienone is 3. The van der Waals surface area contributed by atoms with Crippen LogP contribution in [-0.4, -0.2) is 18.9 Å². The van der Waals surface area contributed by atoms with E-state index < -0.39 is 0 Å². The molecule has 5 nitrogen and oxygen atoms in total. The standard InChI is InChI=1S/C27H22O5/c1-18-23(31-17-20-11-13-21(14-12-20)27(29)30-2)16-15-22-25(28)24(32-26(18)22)10-6-9-19-7-4-3-5-8-19/h3-16H,17H2,1-2H3/b9-6+,24-10-. The summed E-state index contributed by atoms with van der Waals surface area (Å²) in [4.78, 5) is 24.2. The van der Waals surface area contributed by atoms with Crippen molar-refractivity contribution in [3.05, 3.63) is 112 Å². The van der Waals surface area contributed by atoms with E-state index in [-0.39, 0.29) is 17.5 Å². The quantitative estimate of drug-likeness (QED) is 0.383. The molecular formula is C27H22O5. The predicted molar refractivity (Wildman–Crippen MR) is 122 cm³/mol. The number of Topliss-reactive ketones (excluding diaryl/α,β-unsaturated/α-hetero) is 1. The zero-order valence-corrected chi connectivity index (χ0v) is 17.8. The Morgan fingerprint density at radius 1 is 1.00 bits per heavy atom. The number of hydrogen-bond donors (Lipinski definition) is 0. The van der Waals surface area contributed by atoms with E-state index in [1.165, 1.54) is 7.11 Å². The minimum Gasteiger partial charge on any atom is -0.488 e. The first-order valence-corrected chi connectivity index (χ1v) is 10.2. The fourth-order valence-electron chi connectivity index (χ4n) is 3.37. The summed E-state index contributed by atoms with van der Waals surface area (Å²) in [5.74, 6) is 0.912. The van der Waals surface area contributed by atoms with Crippen LogP contribution in [0.25, 0.3) is 6.08 Å². The molecule has 0 atom stereocenters. The van der Waals surface area contributed by atoms with Crippen LogP contribution in [0.2, 0.25) is 0 Å². The molecule has 160 valence electrons. The molecule has 0 aliphatic carbocycles. The molecule has 5 heteroatoms. The maximum atomic E-state index is 12.7. The molecule has 4 rings (SSSR count). The first-order chi connectivity index (χ1) is 15.6. The van der Waals surface area contributed by atoms with Crippen LogP contribution in [0.15, 0.2) is 84.6 Å². The Bertz CT molecular complexity index is 1200. The fraction of sp³-hybridized carbons (Fsp3) is 0.111. The van der Waals surface area contributed by atoms with E-state index in [0.29, 0.717) is 29.2 Å². The average molecular weight is 426 g/mol. The van der Waals surface area contributed by atoms with Crippen LogP contribution in [-0.2, 0) is 11.3 Å². The Morgan fingerprint density at radius 2 is 1.75 bits per heavy atom. The van der Waals surface area contributed by atoms with Gasteiger partial charge in [-0.3, -0.25) is 4.79 Å². The number of rotatable bonds is 6. The smallest absolute Gasteiger partial charge is 0.337 e. The molecule has 1 aliphatic heterocycles. The van der Waals surface area contributed by atoms with Gasteiger partial charge in [-0.1, -0.05) is 54.6 Å². The van der Waals surface area contributed by atoms with Crippen LogP contribution in [0.3, 0.4) is 0 Å². The lowest BCUT2D eigenvalue weighted by molar-refractivity contribution is 0.0600. The largest absolute Gasteiger partial charge is 0.488 e. The van der Waals surface area contributed by atoms with Gasteiger partial charge < -0.3 is 14.2 Å². The number of carbonyl (C=O) groups is 2. The van der Waals surface area contributed by atoms with Crippen molar-refractivity contribution in [3.8, 4) is 11.5 Å². The molecular weight excluding hydrogens is 404 g/mol. The molecule has 0 amide bonds. The first-order valence-electron chi connectivity index (χ1n) is 10.2. The second-order valence-electron chi connectivity index (χ2n) is 7.27. The molecule has 0 saturated heterocycles. The highest BCUT2D eigenvalue weighted by atomic mass is 16.5. The zero-order chi connectivity index (χ0) is 22.5. The van der Waals surface area contributed by atoms with Gasteiger partial charge in [0.25, 0.3) is 0 Å². The van der Waals surface area contributed by atoms with E-state index in [4.69, 9.17) is 14.2 Å². The molecule has 1 aliphatic rings. The summed E-state index contributed by atoms with van der Waals surface area (Å²) in [6.07, 6.45) is 5.40. The van der Waals surface area contributed by atoms with Gasteiger partial charge in [-0.05, 0) is 48.4 Å². The topological polar surface area (TPSA) is 61.8 Å². The van der Waals surface area contributed by atoms with Gasteiger partial charge in [-0.15, -0.1) is 0 Å². The third-order valence-electron chi connectivity index (χ3n) is 5.14. The maximum absolute atomic E-state index is 12.7. The van der Waals surface area contributed by atoms with E-state index in [1.807, 2.05) is 55.5 Å². The summed E-state index contributed by atoms with van der Waals surface area (Å²) in [7, 11) is 1.35. The van der Waals surface area contributed by atoms with E-state index >= 15 is 0 Å². The second kappa shape index (κ2) is 9.35. The lowest BCUT2D eigenvalue weighted by Gasteiger charge is -2.11. The summed E-state index contributed by atoms with van der Waals surface area (Å²) in [6.45, 7) is 2.18. The number of ether oxygens (including phenoxy) is 3. The predicted octanol–water partition coefficient (Wildman–Crippen LogP) is 5.53. The summed E-state index contributed by atoms with van der Waals surface area (Å²) in [6, 6.07) is 20.4. The summed E-state index contributed by atoms with van der Waals surface area (Å²) < 4.78 is 16.5. The van der Waals surface area contributed by atoms with Gasteiger partial charge in [0.15, 0.2) is 5.76 Å². The Labute approximate surface area is 186 Å². The average Bonchev–Trinajstić information content (AvgIpc) is 3.15. The van der Waals surface area contributed by atoms with E-state index in [0.717, 1.165) is 16.7 Å². The van der Waals surface area contributed by atoms with Gasteiger partial charge in [0, 0.05) is 5.56 Å². The highest BCUT2D eigenvalue weighted by Gasteiger charge is 2.29. The van der Waals surface area contributed by atoms with Gasteiger partial charge in [-0.2, -0.15) is 0 Å². The molecule has 0 aromatic heterocycles. The molecule has 0 unspecified atom stereocenters. The molecule has 0 spiro atoms. The summed E-state index contributed by atoms with van der Waals surface area (Å²) >= 11 is 0. The number of carbonyl (C=O) groups excluding carboxylic acids is 2. The maximum Gasteiger partial charge on any atom is 0.337 e. The van der Waals surface area contributed by atoms with Gasteiger partial charge in [0.1, 0.15) is 18.1 Å². The monoisotopic (exact) mass is 426 g/mol. The Balaban J connectivity index is 1.46. The van der Waals surface area contributed by atoms with Crippen molar-refractivity contribution in [2.45, 2.75) is 13.5 Å². The zero-order valence-electron chi connectivity index (χ0n) is 17.8.